The summed E-state index contributed by atoms with van der Waals surface area (Å²) in [5, 5.41) is 3.34. The summed E-state index contributed by atoms with van der Waals surface area (Å²) >= 11 is 0. The van der Waals surface area contributed by atoms with Crippen LogP contribution in [0.4, 0.5) is 0 Å². The Bertz CT molecular complexity index is 565. The summed E-state index contributed by atoms with van der Waals surface area (Å²) < 4.78 is 27.2. The normalized spacial score (nSPS) is 17.1. The number of benzene rings is 1. The zero-order chi connectivity index (χ0) is 15.5. The Morgan fingerprint density at radius 3 is 2.48 bits per heavy atom. The predicted octanol–water partition coefficient (Wildman–Crippen LogP) is 2.40. The third kappa shape index (κ3) is 5.77. The average molecular weight is 310 g/mol. The van der Waals surface area contributed by atoms with Gasteiger partial charge < -0.3 is 5.32 Å². The van der Waals surface area contributed by atoms with Crippen LogP contribution in [-0.2, 0) is 22.3 Å². The van der Waals surface area contributed by atoms with E-state index in [0.717, 1.165) is 30.5 Å². The molecule has 0 aromatic heterocycles. The molecule has 1 fully saturated rings. The van der Waals surface area contributed by atoms with E-state index in [1.807, 2.05) is 31.2 Å². The zero-order valence-corrected chi connectivity index (χ0v) is 13.9. The van der Waals surface area contributed by atoms with Crippen LogP contribution in [0.25, 0.3) is 0 Å². The lowest BCUT2D eigenvalue weighted by Crippen LogP contribution is -2.34. The third-order valence-corrected chi connectivity index (χ3v) is 5.20. The second-order valence-corrected chi connectivity index (χ2v) is 8.11. The highest BCUT2D eigenvalue weighted by Gasteiger charge is 2.30. The molecule has 1 aromatic rings. The van der Waals surface area contributed by atoms with E-state index in [0.29, 0.717) is 12.0 Å². The lowest BCUT2D eigenvalue weighted by Gasteiger charge is -2.14. The lowest BCUT2D eigenvalue weighted by atomic mass is 10.1. The first-order valence-electron chi connectivity index (χ1n) is 7.67. The van der Waals surface area contributed by atoms with Gasteiger partial charge in [0.05, 0.1) is 5.75 Å². The van der Waals surface area contributed by atoms with E-state index in [2.05, 4.69) is 23.9 Å². The summed E-state index contributed by atoms with van der Waals surface area (Å²) in [6.45, 7) is 6.91. The van der Waals surface area contributed by atoms with Gasteiger partial charge in [-0.1, -0.05) is 38.1 Å². The molecule has 0 amide bonds. The highest BCUT2D eigenvalue weighted by atomic mass is 32.2. The van der Waals surface area contributed by atoms with Gasteiger partial charge in [0.25, 0.3) is 0 Å². The topological polar surface area (TPSA) is 58.2 Å². The van der Waals surface area contributed by atoms with Crippen LogP contribution in [0, 0.1) is 5.92 Å². The standard InChI is InChI=1S/C16H26N2O2S/c1-12(2)17-10-14-5-4-6-15(9-14)11-21(19,20)18-13(3)16-7-8-16/h4-6,9,12-13,16-18H,7-8,10-11H2,1-3H3. The Morgan fingerprint density at radius 2 is 1.86 bits per heavy atom. The minimum absolute atomic E-state index is 0.0551. The van der Waals surface area contributed by atoms with Crippen molar-refractivity contribution in [1.82, 2.24) is 10.0 Å². The van der Waals surface area contributed by atoms with Crippen molar-refractivity contribution >= 4 is 10.0 Å². The average Bonchev–Trinajstić information content (AvgIpc) is 3.19. The molecule has 4 nitrogen and oxygen atoms in total. The zero-order valence-electron chi connectivity index (χ0n) is 13.1. The quantitative estimate of drug-likeness (QED) is 0.775. The second-order valence-electron chi connectivity index (χ2n) is 6.36. The Labute approximate surface area is 128 Å². The smallest absolute Gasteiger partial charge is 0.216 e. The van der Waals surface area contributed by atoms with E-state index in [-0.39, 0.29) is 11.8 Å². The molecule has 1 atom stereocenters. The molecule has 0 spiro atoms. The Hall–Kier alpha value is -0.910. The maximum absolute atomic E-state index is 12.2. The maximum atomic E-state index is 12.2. The molecule has 21 heavy (non-hydrogen) atoms. The molecule has 118 valence electrons. The number of nitrogens with one attached hydrogen (secondary N) is 2. The Balaban J connectivity index is 1.96. The van der Waals surface area contributed by atoms with Crippen molar-refractivity contribution in [3.05, 3.63) is 35.4 Å². The first kappa shape index (κ1) is 16.5. The molecule has 1 aromatic carbocycles. The molecule has 2 N–H and O–H groups in total. The maximum Gasteiger partial charge on any atom is 0.216 e. The summed E-state index contributed by atoms with van der Waals surface area (Å²) in [6, 6.07) is 8.26. The van der Waals surface area contributed by atoms with Crippen molar-refractivity contribution in [2.45, 2.75) is 58.0 Å². The van der Waals surface area contributed by atoms with Crippen molar-refractivity contribution in [2.75, 3.05) is 0 Å². The summed E-state index contributed by atoms with van der Waals surface area (Å²) in [7, 11) is -3.26. The second kappa shape index (κ2) is 6.90. The largest absolute Gasteiger partial charge is 0.310 e. The van der Waals surface area contributed by atoms with E-state index < -0.39 is 10.0 Å². The van der Waals surface area contributed by atoms with Gasteiger partial charge in [0.1, 0.15) is 0 Å². The van der Waals surface area contributed by atoms with E-state index >= 15 is 0 Å². The fourth-order valence-corrected chi connectivity index (χ4v) is 3.85. The molecule has 5 heteroatoms. The summed E-state index contributed by atoms with van der Waals surface area (Å²) in [5.41, 5.74) is 1.96. The minimum Gasteiger partial charge on any atom is -0.310 e. The van der Waals surface area contributed by atoms with Crippen molar-refractivity contribution < 1.29 is 8.42 Å². The van der Waals surface area contributed by atoms with Crippen LogP contribution < -0.4 is 10.0 Å². The molecule has 1 aliphatic carbocycles. The SMILES string of the molecule is CC(C)NCc1cccc(CS(=O)(=O)NC(C)C2CC2)c1. The van der Waals surface area contributed by atoms with Crippen LogP contribution in [0.1, 0.15) is 44.7 Å². The molecule has 0 saturated heterocycles. The molecule has 2 rings (SSSR count). The fraction of sp³-hybridized carbons (Fsp3) is 0.625. The molecule has 1 saturated carbocycles. The van der Waals surface area contributed by atoms with Gasteiger partial charge in [-0.05, 0) is 36.8 Å². The third-order valence-electron chi connectivity index (χ3n) is 3.76. The summed E-state index contributed by atoms with van der Waals surface area (Å²) in [6.07, 6.45) is 2.28. The monoisotopic (exact) mass is 310 g/mol. The summed E-state index contributed by atoms with van der Waals surface area (Å²) in [5.74, 6) is 0.584. The van der Waals surface area contributed by atoms with Gasteiger partial charge in [-0.25, -0.2) is 13.1 Å². The first-order valence-corrected chi connectivity index (χ1v) is 9.32. The molecular weight excluding hydrogens is 284 g/mol. The molecule has 0 heterocycles. The van der Waals surface area contributed by atoms with Crippen LogP contribution in [0.3, 0.4) is 0 Å². The lowest BCUT2D eigenvalue weighted by molar-refractivity contribution is 0.537. The van der Waals surface area contributed by atoms with Crippen molar-refractivity contribution in [2.24, 2.45) is 5.92 Å². The molecule has 1 aliphatic rings. The minimum atomic E-state index is -3.26. The van der Waals surface area contributed by atoms with E-state index in [9.17, 15) is 8.42 Å². The van der Waals surface area contributed by atoms with Gasteiger partial charge in [-0.2, -0.15) is 0 Å². The Kier molecular flexibility index (Phi) is 5.41. The van der Waals surface area contributed by atoms with Crippen LogP contribution in [-0.4, -0.2) is 20.5 Å². The molecule has 0 bridgehead atoms. The van der Waals surface area contributed by atoms with Gasteiger partial charge in [-0.3, -0.25) is 0 Å². The van der Waals surface area contributed by atoms with Crippen molar-refractivity contribution in [1.29, 1.82) is 0 Å². The van der Waals surface area contributed by atoms with Crippen LogP contribution in [0.5, 0.6) is 0 Å². The highest BCUT2D eigenvalue weighted by molar-refractivity contribution is 7.88. The van der Waals surface area contributed by atoms with Gasteiger partial charge >= 0.3 is 0 Å². The fourth-order valence-electron chi connectivity index (χ4n) is 2.39. The molecule has 0 aliphatic heterocycles. The molecule has 0 radical (unpaired) electrons. The van der Waals surface area contributed by atoms with Gasteiger partial charge in [0.15, 0.2) is 0 Å². The molecular formula is C16H26N2O2S. The Morgan fingerprint density at radius 1 is 1.19 bits per heavy atom. The van der Waals surface area contributed by atoms with Gasteiger partial charge in [-0.15, -0.1) is 0 Å². The predicted molar refractivity (Wildman–Crippen MR) is 86.4 cm³/mol. The van der Waals surface area contributed by atoms with Crippen LogP contribution >= 0.6 is 0 Å². The van der Waals surface area contributed by atoms with E-state index in [1.165, 1.54) is 0 Å². The number of sulfonamides is 1. The van der Waals surface area contributed by atoms with E-state index in [1.54, 1.807) is 0 Å². The van der Waals surface area contributed by atoms with Gasteiger partial charge in [0.2, 0.25) is 10.0 Å². The molecule has 1 unspecified atom stereocenters. The van der Waals surface area contributed by atoms with E-state index in [4.69, 9.17) is 0 Å². The van der Waals surface area contributed by atoms with Gasteiger partial charge in [0, 0.05) is 18.6 Å². The number of rotatable bonds is 8. The van der Waals surface area contributed by atoms with Crippen LogP contribution in [0.2, 0.25) is 0 Å². The van der Waals surface area contributed by atoms with Crippen molar-refractivity contribution in [3.8, 4) is 0 Å². The van der Waals surface area contributed by atoms with Crippen LogP contribution in [0.15, 0.2) is 24.3 Å². The number of hydrogen-bond acceptors (Lipinski definition) is 3. The van der Waals surface area contributed by atoms with Crippen molar-refractivity contribution in [3.63, 3.8) is 0 Å². The number of hydrogen-bond donors (Lipinski definition) is 2. The summed E-state index contributed by atoms with van der Waals surface area (Å²) in [4.78, 5) is 0. The highest BCUT2D eigenvalue weighted by Crippen LogP contribution is 2.32. The first-order chi connectivity index (χ1) is 9.85.